The van der Waals surface area contributed by atoms with Crippen LogP contribution in [0.2, 0.25) is 0 Å². The number of carbonyl (C=O) groups excluding carboxylic acids is 4. The first-order valence-electron chi connectivity index (χ1n) is 11.5. The fourth-order valence-electron chi connectivity index (χ4n) is 3.71. The van der Waals surface area contributed by atoms with Gasteiger partial charge in [0.1, 0.15) is 34.4 Å². The number of fused-ring (bicyclic) bond motifs is 1. The van der Waals surface area contributed by atoms with Gasteiger partial charge in [-0.1, -0.05) is 52.9 Å². The predicted molar refractivity (Wildman–Crippen MR) is 145 cm³/mol. The van der Waals surface area contributed by atoms with Gasteiger partial charge in [-0.2, -0.15) is 0 Å². The topological polar surface area (TPSA) is 114 Å². The highest BCUT2D eigenvalue weighted by Crippen LogP contribution is 2.41. The van der Waals surface area contributed by atoms with E-state index in [9.17, 15) is 19.2 Å². The molecule has 2 N–H and O–H groups in total. The number of β-lactam (4-membered cyclic amide) rings is 1. The monoisotopic (exact) mass is 629 g/mol. The van der Waals surface area contributed by atoms with Crippen LogP contribution in [0.3, 0.4) is 0 Å². The molecule has 0 aromatic heterocycles. The van der Waals surface area contributed by atoms with E-state index in [0.717, 1.165) is 5.57 Å². The highest BCUT2D eigenvalue weighted by atomic mass is 127. The number of alkyl halides is 1. The van der Waals surface area contributed by atoms with E-state index in [1.807, 2.05) is 0 Å². The second kappa shape index (κ2) is 11.0. The average molecular weight is 630 g/mol. The summed E-state index contributed by atoms with van der Waals surface area (Å²) in [4.78, 5) is 53.3. The Bertz CT molecular complexity index is 1060. The summed E-state index contributed by atoms with van der Waals surface area (Å²) in [5.41, 5.74) is 0.162. The van der Waals surface area contributed by atoms with Gasteiger partial charge in [-0.3, -0.25) is 14.5 Å². The number of benzene rings is 1. The van der Waals surface area contributed by atoms with Crippen molar-refractivity contribution in [2.75, 3.05) is 10.2 Å². The number of hydrogen-bond donors (Lipinski definition) is 2. The first kappa shape index (κ1) is 28.3. The molecule has 2 aliphatic heterocycles. The Labute approximate surface area is 229 Å². The second-order valence-corrected chi connectivity index (χ2v) is 12.3. The van der Waals surface area contributed by atoms with Crippen molar-refractivity contribution in [3.63, 3.8) is 0 Å². The first-order chi connectivity index (χ1) is 16.7. The normalized spacial score (nSPS) is 20.6. The summed E-state index contributed by atoms with van der Waals surface area (Å²) < 4.78 is 11.5. The van der Waals surface area contributed by atoms with E-state index >= 15 is 0 Å². The van der Waals surface area contributed by atoms with Crippen molar-refractivity contribution in [1.82, 2.24) is 15.5 Å². The molecule has 36 heavy (non-hydrogen) atoms. The van der Waals surface area contributed by atoms with Crippen LogP contribution in [0.5, 0.6) is 0 Å². The van der Waals surface area contributed by atoms with Gasteiger partial charge in [0.05, 0.1) is 0 Å². The van der Waals surface area contributed by atoms with Gasteiger partial charge in [0.25, 0.3) is 5.91 Å². The summed E-state index contributed by atoms with van der Waals surface area (Å²) >= 11 is 3.64. The quantitative estimate of drug-likeness (QED) is 0.214. The van der Waals surface area contributed by atoms with Crippen molar-refractivity contribution in [1.29, 1.82) is 0 Å². The standard InChI is InChI=1S/C25H32IN3O6S/c1-24(2,3)34-22(32)18-15(12-26)13-36-21-17(20(31)29(18)21)27-19(30)16(14-10-8-7-9-11-14)28-23(33)35-25(4,5)6/h7-11,16-17,21H,12-13H2,1-6H3,(H,27,30)(H,28,33)/t16?,17-,21+/m1/s1. The summed E-state index contributed by atoms with van der Waals surface area (Å²) in [5.74, 6) is -0.955. The van der Waals surface area contributed by atoms with Crippen LogP contribution < -0.4 is 10.6 Å². The van der Waals surface area contributed by atoms with E-state index in [1.54, 1.807) is 71.9 Å². The molecule has 1 aromatic carbocycles. The van der Waals surface area contributed by atoms with E-state index in [1.165, 1.54) is 16.7 Å². The maximum atomic E-state index is 13.3. The Morgan fingerprint density at radius 1 is 1.08 bits per heavy atom. The largest absolute Gasteiger partial charge is 0.455 e. The number of carbonyl (C=O) groups is 4. The van der Waals surface area contributed by atoms with Gasteiger partial charge in [-0.05, 0) is 52.7 Å². The Kier molecular flexibility index (Phi) is 8.64. The van der Waals surface area contributed by atoms with Crippen molar-refractivity contribution >= 4 is 58.2 Å². The highest BCUT2D eigenvalue weighted by molar-refractivity contribution is 14.1. The zero-order valence-corrected chi connectivity index (χ0v) is 24.2. The fraction of sp³-hybridized carbons (Fsp3) is 0.520. The maximum absolute atomic E-state index is 13.3. The Balaban J connectivity index is 1.79. The van der Waals surface area contributed by atoms with Crippen LogP contribution in [-0.2, 0) is 23.9 Å². The molecule has 1 fully saturated rings. The van der Waals surface area contributed by atoms with Gasteiger partial charge in [-0.15, -0.1) is 11.8 Å². The Hall–Kier alpha value is -2.28. The van der Waals surface area contributed by atoms with E-state index in [2.05, 4.69) is 33.2 Å². The van der Waals surface area contributed by atoms with Crippen molar-refractivity contribution in [3.05, 3.63) is 47.2 Å². The maximum Gasteiger partial charge on any atom is 0.408 e. The molecule has 1 saturated heterocycles. The van der Waals surface area contributed by atoms with E-state index in [0.29, 0.717) is 15.7 Å². The minimum Gasteiger partial charge on any atom is -0.455 e. The molecular weight excluding hydrogens is 597 g/mol. The second-order valence-electron chi connectivity index (χ2n) is 10.5. The molecule has 196 valence electrons. The third-order valence-electron chi connectivity index (χ3n) is 5.15. The predicted octanol–water partition coefficient (Wildman–Crippen LogP) is 3.68. The van der Waals surface area contributed by atoms with Gasteiger partial charge in [-0.25, -0.2) is 9.59 Å². The molecule has 0 aliphatic carbocycles. The number of ether oxygens (including phenoxy) is 2. The van der Waals surface area contributed by atoms with Gasteiger partial charge < -0.3 is 20.1 Å². The molecule has 1 aromatic rings. The van der Waals surface area contributed by atoms with Crippen LogP contribution in [0.4, 0.5) is 4.79 Å². The molecular formula is C25H32IN3O6S. The van der Waals surface area contributed by atoms with Crippen molar-refractivity contribution in [2.45, 2.75) is 70.2 Å². The number of rotatable bonds is 6. The fourth-order valence-corrected chi connectivity index (χ4v) is 6.05. The summed E-state index contributed by atoms with van der Waals surface area (Å²) in [5, 5.41) is 4.93. The van der Waals surface area contributed by atoms with Crippen molar-refractivity contribution < 1.29 is 28.7 Å². The Morgan fingerprint density at radius 2 is 1.69 bits per heavy atom. The molecule has 1 unspecified atom stereocenters. The molecule has 2 heterocycles. The van der Waals surface area contributed by atoms with Gasteiger partial charge in [0.2, 0.25) is 5.91 Å². The molecule has 3 atom stereocenters. The molecule has 0 radical (unpaired) electrons. The summed E-state index contributed by atoms with van der Waals surface area (Å²) in [7, 11) is 0. The summed E-state index contributed by atoms with van der Waals surface area (Å²) in [6.07, 6.45) is -0.748. The van der Waals surface area contributed by atoms with Crippen LogP contribution in [0.15, 0.2) is 41.6 Å². The number of thioether (sulfide) groups is 1. The molecule has 9 nitrogen and oxygen atoms in total. The summed E-state index contributed by atoms with van der Waals surface area (Å²) in [6, 6.07) is 6.81. The number of nitrogens with one attached hydrogen (secondary N) is 2. The lowest BCUT2D eigenvalue weighted by molar-refractivity contribution is -0.159. The lowest BCUT2D eigenvalue weighted by Crippen LogP contribution is -2.71. The first-order valence-corrected chi connectivity index (χ1v) is 14.1. The van der Waals surface area contributed by atoms with Gasteiger partial charge >= 0.3 is 12.1 Å². The third-order valence-corrected chi connectivity index (χ3v) is 7.42. The van der Waals surface area contributed by atoms with Gasteiger partial charge in [0.15, 0.2) is 0 Å². The molecule has 3 rings (SSSR count). The minimum absolute atomic E-state index is 0.255. The van der Waals surface area contributed by atoms with Crippen LogP contribution >= 0.6 is 34.4 Å². The highest BCUT2D eigenvalue weighted by Gasteiger charge is 2.55. The molecule has 0 saturated carbocycles. The van der Waals surface area contributed by atoms with Gasteiger partial charge in [0, 0.05) is 10.2 Å². The number of esters is 1. The van der Waals surface area contributed by atoms with Crippen LogP contribution in [0.1, 0.15) is 53.1 Å². The smallest absolute Gasteiger partial charge is 0.408 e. The lowest BCUT2D eigenvalue weighted by Gasteiger charge is -2.50. The number of nitrogens with zero attached hydrogens (tertiary/aromatic N) is 1. The van der Waals surface area contributed by atoms with Crippen molar-refractivity contribution in [3.8, 4) is 0 Å². The van der Waals surface area contributed by atoms with Crippen molar-refractivity contribution in [2.24, 2.45) is 0 Å². The lowest BCUT2D eigenvalue weighted by atomic mass is 10.0. The molecule has 2 aliphatic rings. The zero-order valence-electron chi connectivity index (χ0n) is 21.2. The molecule has 0 bridgehead atoms. The van der Waals surface area contributed by atoms with E-state index in [4.69, 9.17) is 9.47 Å². The zero-order chi connectivity index (χ0) is 26.8. The van der Waals surface area contributed by atoms with E-state index < -0.39 is 52.5 Å². The average Bonchev–Trinajstić information content (AvgIpc) is 2.78. The number of amides is 3. The summed E-state index contributed by atoms with van der Waals surface area (Å²) in [6.45, 7) is 10.5. The van der Waals surface area contributed by atoms with E-state index in [-0.39, 0.29) is 5.70 Å². The minimum atomic E-state index is -1.07. The van der Waals surface area contributed by atoms with Crippen LogP contribution in [-0.4, -0.2) is 61.6 Å². The molecule has 3 amide bonds. The molecule has 11 heteroatoms. The molecule has 0 spiro atoms. The number of alkyl carbamates (subject to hydrolysis) is 1. The van der Waals surface area contributed by atoms with Crippen LogP contribution in [0.25, 0.3) is 0 Å². The number of hydrogen-bond acceptors (Lipinski definition) is 7. The Morgan fingerprint density at radius 3 is 2.25 bits per heavy atom. The number of halogens is 1. The SMILES string of the molecule is CC(C)(C)OC(=O)NC(C(=O)N[C@@H]1C(=O)N2C(C(=O)OC(C)(C)C)=C(CI)CS[C@@H]12)c1ccccc1. The third kappa shape index (κ3) is 6.72. The van der Waals surface area contributed by atoms with Crippen LogP contribution in [0, 0.1) is 0 Å².